The number of hydrogen-bond acceptors (Lipinski definition) is 5. The highest BCUT2D eigenvalue weighted by Crippen LogP contribution is 2.45. The Kier molecular flexibility index (Phi) is 12.0. The van der Waals surface area contributed by atoms with Crippen molar-refractivity contribution in [3.8, 4) is 11.4 Å². The number of fused-ring (bicyclic) bond motifs is 1. The normalized spacial score (nSPS) is 12.4. The molecule has 1 heterocycles. The summed E-state index contributed by atoms with van der Waals surface area (Å²) in [7, 11) is -3.94. The van der Waals surface area contributed by atoms with Crippen molar-refractivity contribution in [1.82, 2.24) is 15.0 Å². The minimum Gasteiger partial charge on any atom is -0.380 e. The summed E-state index contributed by atoms with van der Waals surface area (Å²) in [6.45, 7) is 10.9. The van der Waals surface area contributed by atoms with Gasteiger partial charge in [0.25, 0.3) is 0 Å². The largest absolute Gasteiger partial charge is 0.380 e. The summed E-state index contributed by atoms with van der Waals surface area (Å²) in [5.41, 5.74) is 4.87. The lowest BCUT2D eigenvalue weighted by molar-refractivity contribution is 0.466. The minimum absolute atomic E-state index is 0.0417. The Morgan fingerprint density at radius 2 is 1.06 bits per heavy atom. The average molecular weight is 680 g/mol. The number of rotatable bonds is 18. The van der Waals surface area contributed by atoms with E-state index in [-0.39, 0.29) is 11.5 Å². The van der Waals surface area contributed by atoms with Crippen LogP contribution < -0.4 is 4.18 Å². The number of unbranched alkanes of at least 4 members (excludes halogenated alkanes) is 9. The summed E-state index contributed by atoms with van der Waals surface area (Å²) in [6.07, 6.45) is 11.3. The number of aromatic nitrogens is 3. The van der Waals surface area contributed by atoms with Gasteiger partial charge in [-0.15, -0.1) is 15.0 Å². The van der Waals surface area contributed by atoms with Crippen LogP contribution in [0.15, 0.2) is 97.1 Å². The monoisotopic (exact) mass is 679 g/mol. The van der Waals surface area contributed by atoms with Gasteiger partial charge in [-0.3, -0.25) is 0 Å². The fourth-order valence-corrected chi connectivity index (χ4v) is 7.68. The van der Waals surface area contributed by atoms with Crippen molar-refractivity contribution >= 4 is 21.2 Å². The van der Waals surface area contributed by atoms with Crippen LogP contribution in [0, 0.1) is 0 Å². The smallest absolute Gasteiger partial charge is 0.309 e. The van der Waals surface area contributed by atoms with E-state index in [0.717, 1.165) is 52.5 Å². The van der Waals surface area contributed by atoms with Crippen molar-refractivity contribution in [2.75, 3.05) is 5.75 Å². The average Bonchev–Trinajstić information content (AvgIpc) is 3.54. The molecule has 0 atom stereocenters. The molecule has 7 heteroatoms. The molecule has 0 aliphatic carbocycles. The maximum Gasteiger partial charge on any atom is 0.309 e. The van der Waals surface area contributed by atoms with Crippen molar-refractivity contribution in [2.24, 2.45) is 0 Å². The summed E-state index contributed by atoms with van der Waals surface area (Å²) in [5, 5.41) is 9.65. The van der Waals surface area contributed by atoms with Crippen molar-refractivity contribution in [3.05, 3.63) is 119 Å². The lowest BCUT2D eigenvalue weighted by Gasteiger charge is -2.33. The summed E-state index contributed by atoms with van der Waals surface area (Å²) >= 11 is 0. The third-order valence-electron chi connectivity index (χ3n) is 9.92. The summed E-state index contributed by atoms with van der Waals surface area (Å²) < 4.78 is 33.9. The van der Waals surface area contributed by atoms with Gasteiger partial charge in [-0.1, -0.05) is 171 Å². The van der Waals surface area contributed by atoms with E-state index < -0.39 is 20.9 Å². The number of benzene rings is 4. The van der Waals surface area contributed by atoms with Crippen LogP contribution in [0.1, 0.15) is 121 Å². The van der Waals surface area contributed by atoms with Gasteiger partial charge in [0, 0.05) is 16.4 Å². The Morgan fingerprint density at radius 3 is 1.59 bits per heavy atom. The molecule has 1 aromatic heterocycles. The van der Waals surface area contributed by atoms with Gasteiger partial charge in [0.1, 0.15) is 16.7 Å². The molecule has 6 nitrogen and oxygen atoms in total. The first-order valence-corrected chi connectivity index (χ1v) is 19.7. The molecule has 0 aliphatic rings. The molecule has 0 saturated heterocycles. The first-order valence-electron chi connectivity index (χ1n) is 18.1. The molecule has 0 spiro atoms. The maximum absolute atomic E-state index is 13.8. The molecule has 0 N–H and O–H groups in total. The minimum atomic E-state index is -3.94. The van der Waals surface area contributed by atoms with Crippen LogP contribution >= 0.6 is 0 Å². The van der Waals surface area contributed by atoms with E-state index >= 15 is 0 Å². The number of nitrogens with zero attached hydrogens (tertiary/aromatic N) is 3. The van der Waals surface area contributed by atoms with Crippen LogP contribution in [0.25, 0.3) is 16.7 Å². The summed E-state index contributed by atoms with van der Waals surface area (Å²) in [6, 6.07) is 32.4. The van der Waals surface area contributed by atoms with Crippen LogP contribution in [0.4, 0.5) is 0 Å². The highest BCUT2D eigenvalue weighted by Gasteiger charge is 2.35. The van der Waals surface area contributed by atoms with E-state index in [2.05, 4.69) is 65.0 Å². The van der Waals surface area contributed by atoms with E-state index in [9.17, 15) is 8.42 Å². The summed E-state index contributed by atoms with van der Waals surface area (Å²) in [4.78, 5) is 1.55. The van der Waals surface area contributed by atoms with Crippen LogP contribution in [0.2, 0.25) is 0 Å². The Morgan fingerprint density at radius 1 is 0.592 bits per heavy atom. The van der Waals surface area contributed by atoms with Crippen LogP contribution in [0.3, 0.4) is 0 Å². The van der Waals surface area contributed by atoms with Gasteiger partial charge >= 0.3 is 10.1 Å². The van der Waals surface area contributed by atoms with Gasteiger partial charge in [-0.25, -0.2) is 0 Å². The molecule has 260 valence electrons. The zero-order chi connectivity index (χ0) is 34.9. The van der Waals surface area contributed by atoms with Crippen molar-refractivity contribution < 1.29 is 12.6 Å². The zero-order valence-electron chi connectivity index (χ0n) is 30.0. The first-order chi connectivity index (χ1) is 23.5. The van der Waals surface area contributed by atoms with E-state index in [1.54, 1.807) is 4.80 Å². The second-order valence-electron chi connectivity index (χ2n) is 14.4. The fourth-order valence-electron chi connectivity index (χ4n) is 6.61. The molecule has 0 saturated carbocycles. The quantitative estimate of drug-likeness (QED) is 0.0681. The molecular formula is C42H53N3O3S. The molecule has 0 unspecified atom stereocenters. The van der Waals surface area contributed by atoms with Crippen LogP contribution in [-0.4, -0.2) is 29.2 Å². The standard InChI is InChI=1S/C42H53N3O3S/c1-6-7-8-9-10-11-12-13-14-23-30-49(46,47)48-40-36(42(4,5)34-26-19-16-20-27-34)31-35(41(2,3)33-24-17-15-18-25-33)32-39(40)45-43-37-28-21-22-29-38(37)44-45/h15-22,24-29,31-32H,6-14,23,30H2,1-5H3. The second kappa shape index (κ2) is 16.2. The summed E-state index contributed by atoms with van der Waals surface area (Å²) in [5.74, 6) is 0.230. The molecule has 49 heavy (non-hydrogen) atoms. The third kappa shape index (κ3) is 8.99. The molecule has 5 rings (SSSR count). The Balaban J connectivity index is 1.54. The molecule has 0 amide bonds. The van der Waals surface area contributed by atoms with Gasteiger partial charge < -0.3 is 4.18 Å². The predicted octanol–water partition coefficient (Wildman–Crippen LogP) is 10.7. The fraction of sp³-hybridized carbons (Fsp3) is 0.429. The molecular weight excluding hydrogens is 627 g/mol. The van der Waals surface area contributed by atoms with Crippen molar-refractivity contribution in [3.63, 3.8) is 0 Å². The topological polar surface area (TPSA) is 74.1 Å². The maximum atomic E-state index is 13.8. The Bertz CT molecular complexity index is 1870. The second-order valence-corrected chi connectivity index (χ2v) is 16.0. The Labute approximate surface area is 294 Å². The lowest BCUT2D eigenvalue weighted by Crippen LogP contribution is -2.26. The third-order valence-corrected chi connectivity index (χ3v) is 11.1. The first kappa shape index (κ1) is 36.3. The molecule has 0 bridgehead atoms. The molecule has 5 aromatic rings. The Hall–Kier alpha value is -3.97. The van der Waals surface area contributed by atoms with E-state index in [1.807, 2.05) is 66.7 Å². The van der Waals surface area contributed by atoms with E-state index in [0.29, 0.717) is 12.1 Å². The van der Waals surface area contributed by atoms with E-state index in [4.69, 9.17) is 14.4 Å². The van der Waals surface area contributed by atoms with Gasteiger partial charge in [0.2, 0.25) is 0 Å². The SMILES string of the molecule is CCCCCCCCCCCCS(=O)(=O)Oc1c(-n2nc3ccccc3n2)cc(C(C)(C)c2ccccc2)cc1C(C)(C)c1ccccc1. The van der Waals surface area contributed by atoms with Crippen molar-refractivity contribution in [2.45, 2.75) is 110 Å². The number of hydrogen-bond donors (Lipinski definition) is 0. The zero-order valence-corrected chi connectivity index (χ0v) is 30.8. The molecule has 0 aliphatic heterocycles. The molecule has 4 aromatic carbocycles. The predicted molar refractivity (Wildman–Crippen MR) is 202 cm³/mol. The van der Waals surface area contributed by atoms with Gasteiger partial charge in [0.05, 0.1) is 5.75 Å². The molecule has 0 radical (unpaired) electrons. The highest BCUT2D eigenvalue weighted by atomic mass is 32.2. The van der Waals surface area contributed by atoms with Gasteiger partial charge in [0.15, 0.2) is 5.75 Å². The van der Waals surface area contributed by atoms with E-state index in [1.165, 1.54) is 38.5 Å². The van der Waals surface area contributed by atoms with Gasteiger partial charge in [-0.05, 0) is 41.3 Å². The lowest BCUT2D eigenvalue weighted by atomic mass is 9.72. The molecule has 0 fully saturated rings. The van der Waals surface area contributed by atoms with Crippen LogP contribution in [0.5, 0.6) is 5.75 Å². The van der Waals surface area contributed by atoms with Crippen molar-refractivity contribution in [1.29, 1.82) is 0 Å². The van der Waals surface area contributed by atoms with Gasteiger partial charge in [-0.2, -0.15) is 8.42 Å². The highest BCUT2D eigenvalue weighted by molar-refractivity contribution is 7.87. The van der Waals surface area contributed by atoms with Crippen LogP contribution in [-0.2, 0) is 20.9 Å².